The highest BCUT2D eigenvalue weighted by Gasteiger charge is 2.13. The zero-order chi connectivity index (χ0) is 20.9. The Balaban J connectivity index is 1.47. The van der Waals surface area contributed by atoms with Gasteiger partial charge in [-0.2, -0.15) is 0 Å². The number of nitrogens with one attached hydrogen (secondary N) is 2. The molecule has 0 unspecified atom stereocenters. The number of rotatable bonds is 6. The number of aromatic nitrogens is 2. The summed E-state index contributed by atoms with van der Waals surface area (Å²) in [5.74, 6) is -0.425. The molecule has 0 bridgehead atoms. The van der Waals surface area contributed by atoms with Crippen LogP contribution in [0, 0.1) is 0 Å². The van der Waals surface area contributed by atoms with E-state index < -0.39 is 0 Å². The van der Waals surface area contributed by atoms with Crippen molar-refractivity contribution >= 4 is 39.3 Å². The molecule has 0 saturated heterocycles. The smallest absolute Gasteiger partial charge is 0.239 e. The quantitative estimate of drug-likeness (QED) is 0.487. The predicted octanol–water partition coefficient (Wildman–Crippen LogP) is 2.69. The monoisotopic (exact) mass is 400 g/mol. The fourth-order valence-electron chi connectivity index (χ4n) is 3.42. The second-order valence-electron chi connectivity index (χ2n) is 6.83. The van der Waals surface area contributed by atoms with E-state index in [1.54, 1.807) is 36.7 Å². The van der Waals surface area contributed by atoms with Gasteiger partial charge in [-0.05, 0) is 36.4 Å². The van der Waals surface area contributed by atoms with E-state index in [0.29, 0.717) is 27.5 Å². The Morgan fingerprint density at radius 1 is 0.833 bits per heavy atom. The molecular weight excluding hydrogens is 380 g/mol. The third kappa shape index (κ3) is 4.05. The summed E-state index contributed by atoms with van der Waals surface area (Å²) < 4.78 is 1.83. The van der Waals surface area contributed by atoms with Gasteiger partial charge in [0.05, 0.1) is 11.0 Å². The summed E-state index contributed by atoms with van der Waals surface area (Å²) in [4.78, 5) is 41.2. The topological polar surface area (TPSA) is 93.1 Å². The summed E-state index contributed by atoms with van der Waals surface area (Å²) in [6.45, 7) is 0.263. The van der Waals surface area contributed by atoms with Crippen LogP contribution in [-0.2, 0) is 16.1 Å². The molecular formula is C23H20N4O3. The minimum atomic E-state index is -0.231. The number of amides is 2. The first kappa shape index (κ1) is 19.3. The lowest BCUT2D eigenvalue weighted by Gasteiger charge is -2.15. The zero-order valence-electron chi connectivity index (χ0n) is 16.2. The van der Waals surface area contributed by atoms with E-state index in [1.807, 2.05) is 41.0 Å². The van der Waals surface area contributed by atoms with E-state index >= 15 is 0 Å². The van der Waals surface area contributed by atoms with Gasteiger partial charge >= 0.3 is 0 Å². The lowest BCUT2D eigenvalue weighted by Crippen LogP contribution is -2.31. The molecule has 4 rings (SSSR count). The summed E-state index contributed by atoms with van der Waals surface area (Å²) in [6, 6.07) is 17.9. The van der Waals surface area contributed by atoms with E-state index in [9.17, 15) is 14.4 Å². The SMILES string of the molecule is O=C(Cn1c2ccccc2c(=O)c2ccccc21)NCCC(=O)Nc1ccncc1. The number of benzene rings is 2. The van der Waals surface area contributed by atoms with Gasteiger partial charge in [-0.3, -0.25) is 19.4 Å². The van der Waals surface area contributed by atoms with Gasteiger partial charge in [0.25, 0.3) is 0 Å². The average Bonchev–Trinajstić information content (AvgIpc) is 2.77. The van der Waals surface area contributed by atoms with Crippen LogP contribution in [0.2, 0.25) is 0 Å². The summed E-state index contributed by atoms with van der Waals surface area (Å²) in [7, 11) is 0. The number of carbonyl (C=O) groups is 2. The van der Waals surface area contributed by atoms with Crippen LogP contribution in [0.3, 0.4) is 0 Å². The molecule has 2 aromatic carbocycles. The van der Waals surface area contributed by atoms with Crippen LogP contribution < -0.4 is 16.1 Å². The summed E-state index contributed by atoms with van der Waals surface area (Å²) in [5, 5.41) is 6.67. The largest absolute Gasteiger partial charge is 0.354 e. The Labute approximate surface area is 172 Å². The Bertz CT molecular complexity index is 1220. The number of fused-ring (bicyclic) bond motifs is 2. The Morgan fingerprint density at radius 3 is 2.07 bits per heavy atom. The lowest BCUT2D eigenvalue weighted by atomic mass is 10.1. The van der Waals surface area contributed by atoms with Gasteiger partial charge in [-0.15, -0.1) is 0 Å². The lowest BCUT2D eigenvalue weighted by molar-refractivity contribution is -0.121. The molecule has 4 aromatic rings. The van der Waals surface area contributed by atoms with E-state index in [-0.39, 0.29) is 36.8 Å². The summed E-state index contributed by atoms with van der Waals surface area (Å²) in [5.41, 5.74) is 2.01. The summed E-state index contributed by atoms with van der Waals surface area (Å²) >= 11 is 0. The molecule has 150 valence electrons. The predicted molar refractivity (Wildman–Crippen MR) is 116 cm³/mol. The maximum absolute atomic E-state index is 12.8. The van der Waals surface area contributed by atoms with Gasteiger partial charge in [-0.1, -0.05) is 24.3 Å². The van der Waals surface area contributed by atoms with Crippen molar-refractivity contribution in [1.29, 1.82) is 0 Å². The van der Waals surface area contributed by atoms with Crippen LogP contribution in [0.15, 0.2) is 77.9 Å². The highest BCUT2D eigenvalue weighted by molar-refractivity contribution is 5.95. The van der Waals surface area contributed by atoms with Crippen LogP contribution >= 0.6 is 0 Å². The third-order valence-corrected chi connectivity index (χ3v) is 4.82. The van der Waals surface area contributed by atoms with E-state index in [1.165, 1.54) is 0 Å². The van der Waals surface area contributed by atoms with Gasteiger partial charge in [0.1, 0.15) is 6.54 Å². The van der Waals surface area contributed by atoms with Crippen LogP contribution in [0.1, 0.15) is 6.42 Å². The molecule has 0 spiro atoms. The molecule has 0 atom stereocenters. The van der Waals surface area contributed by atoms with Gasteiger partial charge in [0.2, 0.25) is 11.8 Å². The molecule has 0 aliphatic carbocycles. The molecule has 0 fully saturated rings. The second kappa shape index (κ2) is 8.57. The van der Waals surface area contributed by atoms with Crippen molar-refractivity contribution in [3.05, 3.63) is 83.3 Å². The minimum Gasteiger partial charge on any atom is -0.354 e. The van der Waals surface area contributed by atoms with Crippen LogP contribution in [-0.4, -0.2) is 27.9 Å². The first-order chi connectivity index (χ1) is 14.6. The van der Waals surface area contributed by atoms with Gasteiger partial charge in [0.15, 0.2) is 5.43 Å². The maximum Gasteiger partial charge on any atom is 0.239 e. The molecule has 7 nitrogen and oxygen atoms in total. The fraction of sp³-hybridized carbons (Fsp3) is 0.130. The number of hydrogen-bond donors (Lipinski definition) is 2. The van der Waals surface area contributed by atoms with Crippen LogP contribution in [0.5, 0.6) is 0 Å². The Morgan fingerprint density at radius 2 is 1.43 bits per heavy atom. The molecule has 7 heteroatoms. The molecule has 30 heavy (non-hydrogen) atoms. The van der Waals surface area contributed by atoms with Crippen molar-refractivity contribution in [3.63, 3.8) is 0 Å². The first-order valence-corrected chi connectivity index (χ1v) is 9.60. The van der Waals surface area contributed by atoms with Crippen molar-refractivity contribution in [3.8, 4) is 0 Å². The molecule has 2 amide bonds. The Kier molecular flexibility index (Phi) is 5.52. The van der Waals surface area contributed by atoms with Crippen LogP contribution in [0.4, 0.5) is 5.69 Å². The molecule has 2 heterocycles. The molecule has 0 radical (unpaired) electrons. The van der Waals surface area contributed by atoms with Crippen molar-refractivity contribution in [2.45, 2.75) is 13.0 Å². The van der Waals surface area contributed by atoms with Crippen molar-refractivity contribution < 1.29 is 9.59 Å². The number of nitrogens with zero attached hydrogens (tertiary/aromatic N) is 2. The van der Waals surface area contributed by atoms with E-state index in [2.05, 4.69) is 15.6 Å². The third-order valence-electron chi connectivity index (χ3n) is 4.82. The molecule has 0 saturated carbocycles. The van der Waals surface area contributed by atoms with Crippen molar-refractivity contribution in [2.75, 3.05) is 11.9 Å². The molecule has 0 aliphatic rings. The second-order valence-corrected chi connectivity index (χ2v) is 6.83. The molecule has 2 aromatic heterocycles. The van der Waals surface area contributed by atoms with E-state index in [0.717, 1.165) is 0 Å². The van der Waals surface area contributed by atoms with Crippen LogP contribution in [0.25, 0.3) is 21.8 Å². The van der Waals surface area contributed by atoms with Gasteiger partial charge in [-0.25, -0.2) is 0 Å². The number of carbonyl (C=O) groups excluding carboxylic acids is 2. The van der Waals surface area contributed by atoms with Crippen molar-refractivity contribution in [1.82, 2.24) is 14.9 Å². The normalized spacial score (nSPS) is 10.8. The number of hydrogen-bond acceptors (Lipinski definition) is 4. The molecule has 0 aliphatic heterocycles. The summed E-state index contributed by atoms with van der Waals surface area (Å²) in [6.07, 6.45) is 3.34. The fourth-order valence-corrected chi connectivity index (χ4v) is 3.42. The van der Waals surface area contributed by atoms with E-state index in [4.69, 9.17) is 0 Å². The number of anilines is 1. The first-order valence-electron chi connectivity index (χ1n) is 9.60. The average molecular weight is 400 g/mol. The maximum atomic E-state index is 12.8. The number of para-hydroxylation sites is 2. The molecule has 2 N–H and O–H groups in total. The Hall–Kier alpha value is -4.00. The van der Waals surface area contributed by atoms with Gasteiger partial charge < -0.3 is 15.2 Å². The number of pyridine rings is 2. The zero-order valence-corrected chi connectivity index (χ0v) is 16.2. The standard InChI is InChI=1S/C23H20N4O3/c28-21(26-16-9-12-24-13-10-16)11-14-25-22(29)15-27-19-7-3-1-5-17(19)23(30)18-6-2-4-8-20(18)27/h1-10,12-13H,11,14-15H2,(H,25,29)(H,24,26,28). The van der Waals surface area contributed by atoms with Crippen molar-refractivity contribution in [2.24, 2.45) is 0 Å². The highest BCUT2D eigenvalue weighted by Crippen LogP contribution is 2.18. The highest BCUT2D eigenvalue weighted by atomic mass is 16.2. The minimum absolute atomic E-state index is 0.0489. The van der Waals surface area contributed by atoms with Gasteiger partial charge in [0, 0.05) is 41.8 Å².